The third-order valence-corrected chi connectivity index (χ3v) is 3.33. The van der Waals surface area contributed by atoms with Crippen molar-refractivity contribution >= 4 is 18.4 Å². The van der Waals surface area contributed by atoms with Crippen LogP contribution < -0.4 is 0 Å². The van der Waals surface area contributed by atoms with E-state index >= 15 is 0 Å². The van der Waals surface area contributed by atoms with E-state index in [2.05, 4.69) is 12.6 Å². The van der Waals surface area contributed by atoms with Gasteiger partial charge in [-0.2, -0.15) is 12.6 Å². The van der Waals surface area contributed by atoms with E-state index < -0.39 is 0 Å². The predicted octanol–water partition coefficient (Wildman–Crippen LogP) is 0.638. The van der Waals surface area contributed by atoms with Crippen LogP contribution in [0.15, 0.2) is 0 Å². The molecule has 0 aliphatic rings. The summed E-state index contributed by atoms with van der Waals surface area (Å²) in [5, 5.41) is 0. The van der Waals surface area contributed by atoms with Crippen LogP contribution in [0, 0.1) is 0 Å². The number of carbonyl (C=O) groups excluding carboxylic acids is 1. The van der Waals surface area contributed by atoms with Gasteiger partial charge in [0.2, 0.25) is 0 Å². The molecular weight excluding hydrogens is 404 g/mol. The van der Waals surface area contributed by atoms with E-state index in [1.807, 2.05) is 0 Å². The van der Waals surface area contributed by atoms with Crippen LogP contribution in [-0.2, 0) is 42.7 Å². The molecular formula is C19H38O9S. The van der Waals surface area contributed by atoms with Gasteiger partial charge in [-0.15, -0.1) is 0 Å². The zero-order chi connectivity index (χ0) is 21.3. The lowest BCUT2D eigenvalue weighted by Gasteiger charge is -2.08. The van der Waals surface area contributed by atoms with E-state index in [9.17, 15) is 4.79 Å². The maximum absolute atomic E-state index is 10.6. The molecule has 0 aromatic rings. The van der Waals surface area contributed by atoms with Gasteiger partial charge in [0.05, 0.1) is 99.1 Å². The topological polar surface area (TPSA) is 90.9 Å². The summed E-state index contributed by atoms with van der Waals surface area (Å²) in [5.41, 5.74) is 0. The SMILES string of the molecule is CC(=O)COCCOCCOCCOCCOCCOCCOCCOCCS. The number of ketones is 1. The molecule has 0 unspecified atom stereocenters. The minimum absolute atomic E-state index is 0.00964. The summed E-state index contributed by atoms with van der Waals surface area (Å²) in [6.07, 6.45) is 0. The van der Waals surface area contributed by atoms with Gasteiger partial charge in [0, 0.05) is 5.75 Å². The molecule has 174 valence electrons. The van der Waals surface area contributed by atoms with Gasteiger partial charge >= 0.3 is 0 Å². The van der Waals surface area contributed by atoms with Gasteiger partial charge in [-0.05, 0) is 6.92 Å². The number of ether oxygens (including phenoxy) is 8. The molecule has 10 heteroatoms. The maximum Gasteiger partial charge on any atom is 0.155 e. The van der Waals surface area contributed by atoms with Crippen molar-refractivity contribution in [3.63, 3.8) is 0 Å². The molecule has 0 N–H and O–H groups in total. The van der Waals surface area contributed by atoms with Crippen LogP contribution in [0.4, 0.5) is 0 Å². The molecule has 0 aromatic heterocycles. The van der Waals surface area contributed by atoms with Crippen LogP contribution >= 0.6 is 12.6 Å². The molecule has 0 rings (SSSR count). The van der Waals surface area contributed by atoms with Gasteiger partial charge in [0.15, 0.2) is 5.78 Å². The zero-order valence-corrected chi connectivity index (χ0v) is 18.5. The number of carbonyl (C=O) groups is 1. The van der Waals surface area contributed by atoms with Crippen molar-refractivity contribution in [1.82, 2.24) is 0 Å². The molecule has 0 radical (unpaired) electrons. The van der Waals surface area contributed by atoms with Crippen molar-refractivity contribution in [2.24, 2.45) is 0 Å². The van der Waals surface area contributed by atoms with Crippen molar-refractivity contribution < 1.29 is 42.7 Å². The Kier molecular flexibility index (Phi) is 25.5. The molecule has 0 spiro atoms. The minimum atomic E-state index is 0.00964. The Morgan fingerprint density at radius 3 is 0.966 bits per heavy atom. The van der Waals surface area contributed by atoms with Crippen molar-refractivity contribution in [1.29, 1.82) is 0 Å². The summed E-state index contributed by atoms with van der Waals surface area (Å²) in [5.74, 6) is 0.731. The van der Waals surface area contributed by atoms with Crippen LogP contribution in [0.3, 0.4) is 0 Å². The zero-order valence-electron chi connectivity index (χ0n) is 17.6. The largest absolute Gasteiger partial charge is 0.378 e. The molecule has 0 heterocycles. The first kappa shape index (κ1) is 28.7. The number of rotatable bonds is 25. The molecule has 0 aliphatic carbocycles. The lowest BCUT2D eigenvalue weighted by atomic mass is 10.5. The van der Waals surface area contributed by atoms with Crippen LogP contribution in [0.25, 0.3) is 0 Å². The third-order valence-electron chi connectivity index (χ3n) is 3.15. The Morgan fingerprint density at radius 1 is 0.483 bits per heavy atom. The Balaban J connectivity index is 2.99. The highest BCUT2D eigenvalue weighted by molar-refractivity contribution is 7.80. The molecule has 0 saturated heterocycles. The minimum Gasteiger partial charge on any atom is -0.378 e. The molecule has 0 saturated carbocycles. The predicted molar refractivity (Wildman–Crippen MR) is 111 cm³/mol. The molecule has 0 aromatic carbocycles. The normalized spacial score (nSPS) is 11.2. The summed E-state index contributed by atoms with van der Waals surface area (Å²) in [6, 6.07) is 0. The maximum atomic E-state index is 10.6. The first-order valence-electron chi connectivity index (χ1n) is 9.99. The van der Waals surface area contributed by atoms with E-state index in [0.717, 1.165) is 5.75 Å². The quantitative estimate of drug-likeness (QED) is 0.162. The van der Waals surface area contributed by atoms with E-state index in [1.54, 1.807) is 0 Å². The standard InChI is InChI=1S/C19H38O9S/c1-19(20)18-28-15-14-26-11-10-24-7-6-22-3-2-21-4-5-23-8-9-25-12-13-27-16-17-29/h29H,2-18H2,1H3. The Morgan fingerprint density at radius 2 is 0.724 bits per heavy atom. The number of Topliss-reactive ketones (excluding diaryl/α,β-unsaturated/α-hetero) is 1. The van der Waals surface area contributed by atoms with Crippen LogP contribution in [-0.4, -0.2) is 117 Å². The van der Waals surface area contributed by atoms with E-state index in [0.29, 0.717) is 99.1 Å². The number of hydrogen-bond donors (Lipinski definition) is 1. The lowest BCUT2D eigenvalue weighted by molar-refractivity contribution is -0.122. The van der Waals surface area contributed by atoms with Crippen molar-refractivity contribution in [3.05, 3.63) is 0 Å². The van der Waals surface area contributed by atoms with Gasteiger partial charge in [-0.1, -0.05) is 0 Å². The highest BCUT2D eigenvalue weighted by atomic mass is 32.1. The smallest absolute Gasteiger partial charge is 0.155 e. The summed E-state index contributed by atoms with van der Waals surface area (Å²) < 4.78 is 42.5. The number of hydrogen-bond acceptors (Lipinski definition) is 10. The van der Waals surface area contributed by atoms with Gasteiger partial charge in [-0.3, -0.25) is 4.79 Å². The summed E-state index contributed by atoms with van der Waals surface area (Å²) in [4.78, 5) is 10.6. The van der Waals surface area contributed by atoms with E-state index in [-0.39, 0.29) is 12.4 Å². The van der Waals surface area contributed by atoms with Gasteiger partial charge in [-0.25, -0.2) is 0 Å². The fourth-order valence-electron chi connectivity index (χ4n) is 1.82. The van der Waals surface area contributed by atoms with Gasteiger partial charge < -0.3 is 37.9 Å². The molecule has 0 atom stereocenters. The van der Waals surface area contributed by atoms with Gasteiger partial charge in [0.25, 0.3) is 0 Å². The molecule has 0 bridgehead atoms. The summed E-state index contributed by atoms with van der Waals surface area (Å²) in [6.45, 7) is 9.47. The second kappa shape index (κ2) is 25.7. The van der Waals surface area contributed by atoms with Crippen molar-refractivity contribution in [2.75, 3.05) is 111 Å². The first-order valence-corrected chi connectivity index (χ1v) is 10.6. The van der Waals surface area contributed by atoms with E-state index in [4.69, 9.17) is 37.9 Å². The monoisotopic (exact) mass is 442 g/mol. The fraction of sp³-hybridized carbons (Fsp3) is 0.947. The molecule has 0 amide bonds. The number of thiol groups is 1. The third kappa shape index (κ3) is 27.7. The average molecular weight is 443 g/mol. The highest BCUT2D eigenvalue weighted by Crippen LogP contribution is 1.86. The Labute approximate surface area is 180 Å². The Hall–Kier alpha value is -0.300. The summed E-state index contributed by atoms with van der Waals surface area (Å²) in [7, 11) is 0. The van der Waals surface area contributed by atoms with E-state index in [1.165, 1.54) is 6.92 Å². The van der Waals surface area contributed by atoms with Crippen LogP contribution in [0.2, 0.25) is 0 Å². The van der Waals surface area contributed by atoms with Gasteiger partial charge in [0.1, 0.15) is 6.61 Å². The average Bonchev–Trinajstić information content (AvgIpc) is 2.71. The highest BCUT2D eigenvalue weighted by Gasteiger charge is 1.95. The molecule has 0 aliphatic heterocycles. The van der Waals surface area contributed by atoms with Crippen molar-refractivity contribution in [2.45, 2.75) is 6.92 Å². The Bertz CT molecular complexity index is 335. The lowest BCUT2D eigenvalue weighted by Crippen LogP contribution is -2.15. The molecule has 0 fully saturated rings. The first-order chi connectivity index (χ1) is 14.3. The second-order valence-corrected chi connectivity index (χ2v) is 6.21. The van der Waals surface area contributed by atoms with Crippen LogP contribution in [0.1, 0.15) is 6.92 Å². The second-order valence-electron chi connectivity index (χ2n) is 5.76. The van der Waals surface area contributed by atoms with Crippen molar-refractivity contribution in [3.8, 4) is 0 Å². The fourth-order valence-corrected chi connectivity index (χ4v) is 1.95. The van der Waals surface area contributed by atoms with Crippen LogP contribution in [0.5, 0.6) is 0 Å². The molecule has 29 heavy (non-hydrogen) atoms. The molecule has 9 nitrogen and oxygen atoms in total. The summed E-state index contributed by atoms with van der Waals surface area (Å²) >= 11 is 4.05.